The summed E-state index contributed by atoms with van der Waals surface area (Å²) in [5.74, 6) is 0.746. The van der Waals surface area contributed by atoms with Crippen LogP contribution in [0.15, 0.2) is 38.9 Å². The molecule has 0 bridgehead atoms. The number of ether oxygens (including phenoxy) is 1. The maximum Gasteiger partial charge on any atom is 0.172 e. The van der Waals surface area contributed by atoms with Crippen molar-refractivity contribution in [2.75, 3.05) is 13.2 Å². The first-order chi connectivity index (χ1) is 11.5. The Bertz CT molecular complexity index is 607. The number of carbonyl (C=O) groups is 1. The van der Waals surface area contributed by atoms with Gasteiger partial charge in [-0.05, 0) is 38.7 Å². The van der Waals surface area contributed by atoms with E-state index in [-0.39, 0.29) is 11.7 Å². The van der Waals surface area contributed by atoms with Gasteiger partial charge in [0.05, 0.1) is 11.5 Å². The molecule has 0 spiro atoms. The molecule has 3 nitrogen and oxygen atoms in total. The third kappa shape index (κ3) is 4.09. The first-order valence-electron chi connectivity index (χ1n) is 8.96. The Balaban J connectivity index is 2.44. The molecule has 1 fully saturated rings. The molecule has 0 aromatic rings. The molecule has 2 heterocycles. The summed E-state index contributed by atoms with van der Waals surface area (Å²) in [5.41, 5.74) is 3.58. The van der Waals surface area contributed by atoms with Gasteiger partial charge in [0.25, 0.3) is 0 Å². The number of Topliss-reactive ketones (excluding diaryl/α,β-unsaturated/α-hetero) is 1. The minimum Gasteiger partial charge on any atom is -0.381 e. The predicted molar refractivity (Wildman–Crippen MR) is 103 cm³/mol. The molecule has 0 saturated carbocycles. The minimum atomic E-state index is 0.0596. The molecule has 0 aromatic carbocycles. The van der Waals surface area contributed by atoms with Crippen LogP contribution in [0.1, 0.15) is 53.9 Å². The smallest absolute Gasteiger partial charge is 0.172 e. The Morgan fingerprint density at radius 3 is 2.79 bits per heavy atom. The first kappa shape index (κ1) is 19.2. The zero-order chi connectivity index (χ0) is 17.7. The Kier molecular flexibility index (Phi) is 7.05. The molecule has 2 unspecified atom stereocenters. The van der Waals surface area contributed by atoms with Crippen molar-refractivity contribution in [2.45, 2.75) is 53.9 Å². The number of thioether (sulfide) groups is 1. The van der Waals surface area contributed by atoms with Crippen molar-refractivity contribution in [3.05, 3.63) is 33.9 Å². The van der Waals surface area contributed by atoms with E-state index in [1.807, 2.05) is 19.2 Å². The first-order valence-corrected chi connectivity index (χ1v) is 9.77. The summed E-state index contributed by atoms with van der Waals surface area (Å²) < 4.78 is 5.56. The van der Waals surface area contributed by atoms with Crippen LogP contribution in [-0.4, -0.2) is 24.0 Å². The maximum atomic E-state index is 12.8. The molecule has 132 valence electrons. The lowest BCUT2D eigenvalue weighted by Crippen LogP contribution is -2.11. The molecule has 0 amide bonds. The summed E-state index contributed by atoms with van der Waals surface area (Å²) in [7, 11) is 0. The molecular formula is C20H29NO2S. The highest BCUT2D eigenvalue weighted by atomic mass is 32.2. The van der Waals surface area contributed by atoms with Gasteiger partial charge in [-0.1, -0.05) is 44.2 Å². The van der Waals surface area contributed by atoms with Gasteiger partial charge in [0.1, 0.15) is 5.04 Å². The number of rotatable bonds is 6. The van der Waals surface area contributed by atoms with Gasteiger partial charge in [-0.3, -0.25) is 4.79 Å². The molecule has 2 aliphatic rings. The summed E-state index contributed by atoms with van der Waals surface area (Å²) in [5, 5.41) is 0.966. The van der Waals surface area contributed by atoms with Gasteiger partial charge in [0, 0.05) is 30.2 Å². The van der Waals surface area contributed by atoms with Crippen LogP contribution in [0.2, 0.25) is 0 Å². The van der Waals surface area contributed by atoms with E-state index in [0.29, 0.717) is 5.92 Å². The fourth-order valence-electron chi connectivity index (χ4n) is 3.00. The molecule has 24 heavy (non-hydrogen) atoms. The summed E-state index contributed by atoms with van der Waals surface area (Å²) in [4.78, 5) is 18.3. The van der Waals surface area contributed by atoms with Crippen LogP contribution in [0.3, 0.4) is 0 Å². The molecule has 2 aliphatic heterocycles. The van der Waals surface area contributed by atoms with E-state index < -0.39 is 0 Å². The van der Waals surface area contributed by atoms with Gasteiger partial charge in [-0.15, -0.1) is 0 Å². The van der Waals surface area contributed by atoms with Gasteiger partial charge in [-0.2, -0.15) is 0 Å². The van der Waals surface area contributed by atoms with E-state index in [2.05, 4.69) is 32.7 Å². The second-order valence-electron chi connectivity index (χ2n) is 6.58. The highest BCUT2D eigenvalue weighted by Gasteiger charge is 2.33. The Hall–Kier alpha value is -1.13. The Labute approximate surface area is 150 Å². The van der Waals surface area contributed by atoms with Crippen LogP contribution in [0.4, 0.5) is 0 Å². The quantitative estimate of drug-likeness (QED) is 0.654. The lowest BCUT2D eigenvalue weighted by molar-refractivity contribution is -0.118. The number of ketones is 1. The van der Waals surface area contributed by atoms with Crippen LogP contribution in [0.5, 0.6) is 0 Å². The van der Waals surface area contributed by atoms with Gasteiger partial charge in [0.2, 0.25) is 0 Å². The summed E-state index contributed by atoms with van der Waals surface area (Å²) in [6.45, 7) is 12.0. The average molecular weight is 348 g/mol. The molecule has 2 rings (SSSR count). The topological polar surface area (TPSA) is 38.7 Å². The van der Waals surface area contributed by atoms with Crippen molar-refractivity contribution in [1.82, 2.24) is 0 Å². The van der Waals surface area contributed by atoms with Gasteiger partial charge >= 0.3 is 0 Å². The lowest BCUT2D eigenvalue weighted by Gasteiger charge is -2.13. The van der Waals surface area contributed by atoms with E-state index in [1.54, 1.807) is 11.8 Å². The lowest BCUT2D eigenvalue weighted by atomic mass is 9.90. The largest absolute Gasteiger partial charge is 0.381 e. The monoisotopic (exact) mass is 347 g/mol. The average Bonchev–Trinajstić information content (AvgIpc) is 3.21. The zero-order valence-electron chi connectivity index (χ0n) is 15.5. The van der Waals surface area contributed by atoms with E-state index in [1.165, 1.54) is 11.1 Å². The molecular weight excluding hydrogens is 318 g/mol. The fraction of sp³-hybridized carbons (Fsp3) is 0.600. The molecule has 0 aromatic heterocycles. The number of aliphatic imine (C=N–C) groups is 1. The highest BCUT2D eigenvalue weighted by Crippen LogP contribution is 2.43. The number of carbonyl (C=O) groups excluding carboxylic acids is 1. The number of hydrogen-bond acceptors (Lipinski definition) is 4. The third-order valence-corrected chi connectivity index (χ3v) is 6.10. The Morgan fingerprint density at radius 2 is 2.21 bits per heavy atom. The van der Waals surface area contributed by atoms with Crippen LogP contribution >= 0.6 is 11.8 Å². The van der Waals surface area contributed by atoms with Crippen LogP contribution in [0.25, 0.3) is 0 Å². The second-order valence-corrected chi connectivity index (χ2v) is 7.57. The van der Waals surface area contributed by atoms with E-state index in [9.17, 15) is 4.79 Å². The summed E-state index contributed by atoms with van der Waals surface area (Å²) in [6.07, 6.45) is 6.79. The third-order valence-electron chi connectivity index (χ3n) is 4.88. The van der Waals surface area contributed by atoms with Crippen molar-refractivity contribution in [1.29, 1.82) is 0 Å². The van der Waals surface area contributed by atoms with E-state index >= 15 is 0 Å². The molecule has 2 atom stereocenters. The van der Waals surface area contributed by atoms with Crippen molar-refractivity contribution in [3.63, 3.8) is 0 Å². The molecule has 0 aliphatic carbocycles. The molecule has 1 saturated heterocycles. The second kappa shape index (κ2) is 8.82. The van der Waals surface area contributed by atoms with E-state index in [0.717, 1.165) is 48.0 Å². The van der Waals surface area contributed by atoms with Crippen molar-refractivity contribution >= 4 is 22.6 Å². The number of nitrogens with zero attached hydrogens (tertiary/aromatic N) is 1. The summed E-state index contributed by atoms with van der Waals surface area (Å²) in [6, 6.07) is 0. The van der Waals surface area contributed by atoms with Gasteiger partial charge in [0.15, 0.2) is 5.78 Å². The normalized spacial score (nSPS) is 26.7. The van der Waals surface area contributed by atoms with E-state index in [4.69, 9.17) is 4.74 Å². The zero-order valence-corrected chi connectivity index (χ0v) is 16.3. The predicted octanol–water partition coefficient (Wildman–Crippen LogP) is 5.30. The standard InChI is InChI=1S/C20H29NO2S/c1-6-8-10-21-20-17(14(4)16-9-11-23-12-16)15(5)19(24-20)18(22)13(3)7-2/h8,10,13,16H,6-7,9,11-12H2,1-5H3/b10-8+,17-14+,21-20+. The molecule has 0 N–H and O–H groups in total. The van der Waals surface area contributed by atoms with Crippen LogP contribution in [-0.2, 0) is 9.53 Å². The van der Waals surface area contributed by atoms with Gasteiger partial charge in [-0.25, -0.2) is 4.99 Å². The van der Waals surface area contributed by atoms with Crippen molar-refractivity contribution in [3.8, 4) is 0 Å². The highest BCUT2D eigenvalue weighted by molar-refractivity contribution is 8.19. The molecule has 4 heteroatoms. The number of hydrogen-bond donors (Lipinski definition) is 0. The number of allylic oxidation sites excluding steroid dienone is 3. The minimum absolute atomic E-state index is 0.0596. The van der Waals surface area contributed by atoms with Crippen LogP contribution < -0.4 is 0 Å². The maximum absolute atomic E-state index is 12.8. The summed E-state index contributed by atoms with van der Waals surface area (Å²) >= 11 is 1.55. The Morgan fingerprint density at radius 1 is 1.46 bits per heavy atom. The SMILES string of the molecule is CC/C=C/N=C1/SC(C(=O)C(C)CC)=C(C)/C1=C(/C)C1CCOC1. The van der Waals surface area contributed by atoms with Crippen molar-refractivity contribution < 1.29 is 9.53 Å². The van der Waals surface area contributed by atoms with Crippen LogP contribution in [0, 0.1) is 11.8 Å². The van der Waals surface area contributed by atoms with Crippen molar-refractivity contribution in [2.24, 2.45) is 16.8 Å². The molecule has 0 radical (unpaired) electrons. The fourth-order valence-corrected chi connectivity index (χ4v) is 4.28. The van der Waals surface area contributed by atoms with Gasteiger partial charge < -0.3 is 4.74 Å².